The molecule has 2 fully saturated rings. The first kappa shape index (κ1) is 20.7. The standard InChI is InChI=1S/C22H24F3N3O2/c23-22(24,25)18-10-19(12-26-11-18)28-8-7-21(13-28,14-29)27-20(30)9-15-1-3-16(4-2-15)17-5-6-17/h1-4,10-12,17,29H,5-9,13-14H2,(H,27,30). The van der Waals surface area contributed by atoms with Crippen LogP contribution in [-0.2, 0) is 17.4 Å². The second-order valence-corrected chi connectivity index (χ2v) is 8.28. The van der Waals surface area contributed by atoms with E-state index in [0.29, 0.717) is 24.6 Å². The maximum absolute atomic E-state index is 13.0. The number of nitrogens with zero attached hydrogens (tertiary/aromatic N) is 2. The van der Waals surface area contributed by atoms with Gasteiger partial charge in [0, 0.05) is 19.3 Å². The lowest BCUT2D eigenvalue weighted by atomic mass is 9.99. The number of hydrogen-bond acceptors (Lipinski definition) is 4. The highest BCUT2D eigenvalue weighted by molar-refractivity contribution is 5.79. The Morgan fingerprint density at radius 2 is 1.97 bits per heavy atom. The van der Waals surface area contributed by atoms with Crippen molar-refractivity contribution in [2.24, 2.45) is 0 Å². The number of aliphatic hydroxyl groups excluding tert-OH is 1. The van der Waals surface area contributed by atoms with Crippen LogP contribution in [-0.4, -0.2) is 41.2 Å². The second-order valence-electron chi connectivity index (χ2n) is 8.28. The van der Waals surface area contributed by atoms with Crippen LogP contribution in [0.3, 0.4) is 0 Å². The van der Waals surface area contributed by atoms with Crippen LogP contribution in [0.1, 0.15) is 41.9 Å². The van der Waals surface area contributed by atoms with Gasteiger partial charge in [0.15, 0.2) is 0 Å². The lowest BCUT2D eigenvalue weighted by Crippen LogP contribution is -2.53. The fraction of sp³-hybridized carbons (Fsp3) is 0.455. The Kier molecular flexibility index (Phi) is 5.44. The second kappa shape index (κ2) is 7.91. The number of halogens is 3. The van der Waals surface area contributed by atoms with E-state index >= 15 is 0 Å². The molecule has 1 aromatic carbocycles. The van der Waals surface area contributed by atoms with E-state index in [0.717, 1.165) is 17.8 Å². The predicted octanol–water partition coefficient (Wildman–Crippen LogP) is 3.28. The summed E-state index contributed by atoms with van der Waals surface area (Å²) in [5, 5.41) is 12.9. The van der Waals surface area contributed by atoms with Crippen molar-refractivity contribution in [3.05, 3.63) is 59.4 Å². The highest BCUT2D eigenvalue weighted by atomic mass is 19.4. The van der Waals surface area contributed by atoms with Crippen LogP contribution < -0.4 is 10.2 Å². The molecule has 160 valence electrons. The normalized spacial score (nSPS) is 21.7. The largest absolute Gasteiger partial charge is 0.417 e. The Morgan fingerprint density at radius 1 is 1.23 bits per heavy atom. The van der Waals surface area contributed by atoms with Crippen molar-refractivity contribution < 1.29 is 23.1 Å². The third-order valence-corrected chi connectivity index (χ3v) is 5.87. The Morgan fingerprint density at radius 3 is 2.60 bits per heavy atom. The fourth-order valence-electron chi connectivity index (χ4n) is 3.97. The van der Waals surface area contributed by atoms with Crippen LogP contribution in [0.15, 0.2) is 42.7 Å². The summed E-state index contributed by atoms with van der Waals surface area (Å²) in [5.74, 6) is 0.438. The van der Waals surface area contributed by atoms with E-state index in [4.69, 9.17) is 0 Å². The number of aromatic nitrogens is 1. The topological polar surface area (TPSA) is 65.5 Å². The van der Waals surface area contributed by atoms with Gasteiger partial charge < -0.3 is 15.3 Å². The number of pyridine rings is 1. The number of anilines is 1. The molecule has 1 amide bonds. The van der Waals surface area contributed by atoms with Gasteiger partial charge in [-0.25, -0.2) is 0 Å². The Labute approximate surface area is 172 Å². The van der Waals surface area contributed by atoms with Crippen molar-refractivity contribution in [1.29, 1.82) is 0 Å². The summed E-state index contributed by atoms with van der Waals surface area (Å²) in [5.41, 5.74) is 0.804. The first-order valence-electron chi connectivity index (χ1n) is 10.1. The first-order valence-corrected chi connectivity index (χ1v) is 10.1. The van der Waals surface area contributed by atoms with Gasteiger partial charge in [-0.05, 0) is 42.4 Å². The maximum Gasteiger partial charge on any atom is 0.417 e. The molecule has 1 aromatic heterocycles. The molecule has 4 rings (SSSR count). The number of hydrogen-bond donors (Lipinski definition) is 2. The van der Waals surface area contributed by atoms with Crippen LogP contribution in [0.4, 0.5) is 18.9 Å². The van der Waals surface area contributed by atoms with E-state index in [1.165, 1.54) is 24.6 Å². The molecule has 1 saturated carbocycles. The molecule has 1 saturated heterocycles. The van der Waals surface area contributed by atoms with Crippen molar-refractivity contribution in [2.75, 3.05) is 24.6 Å². The molecule has 5 nitrogen and oxygen atoms in total. The van der Waals surface area contributed by atoms with Gasteiger partial charge >= 0.3 is 6.18 Å². The lowest BCUT2D eigenvalue weighted by molar-refractivity contribution is -0.137. The number of carbonyl (C=O) groups is 1. The molecule has 1 atom stereocenters. The summed E-state index contributed by atoms with van der Waals surface area (Å²) in [7, 11) is 0. The molecule has 2 aromatic rings. The van der Waals surface area contributed by atoms with E-state index in [1.54, 1.807) is 4.90 Å². The minimum absolute atomic E-state index is 0.192. The smallest absolute Gasteiger partial charge is 0.394 e. The quantitative estimate of drug-likeness (QED) is 0.754. The molecule has 0 spiro atoms. The molecule has 0 bridgehead atoms. The number of carbonyl (C=O) groups excluding carboxylic acids is 1. The van der Waals surface area contributed by atoms with Crippen molar-refractivity contribution in [1.82, 2.24) is 10.3 Å². The SMILES string of the molecule is O=C(Cc1ccc(C2CC2)cc1)NC1(CO)CCN(c2cncc(C(F)(F)F)c2)C1. The summed E-state index contributed by atoms with van der Waals surface area (Å²) >= 11 is 0. The maximum atomic E-state index is 13.0. The average molecular weight is 419 g/mol. The molecule has 2 N–H and O–H groups in total. The van der Waals surface area contributed by atoms with E-state index < -0.39 is 17.3 Å². The molecule has 1 unspecified atom stereocenters. The molecular weight excluding hydrogens is 395 g/mol. The molecule has 30 heavy (non-hydrogen) atoms. The van der Waals surface area contributed by atoms with Gasteiger partial charge in [0.05, 0.1) is 36.0 Å². The summed E-state index contributed by atoms with van der Waals surface area (Å²) < 4.78 is 38.9. The molecule has 2 heterocycles. The first-order chi connectivity index (χ1) is 14.3. The number of aliphatic hydroxyl groups is 1. The molecule has 8 heteroatoms. The summed E-state index contributed by atoms with van der Waals surface area (Å²) in [4.78, 5) is 18.0. The van der Waals surface area contributed by atoms with E-state index in [9.17, 15) is 23.1 Å². The molecule has 2 aliphatic rings. The lowest BCUT2D eigenvalue weighted by Gasteiger charge is -2.29. The van der Waals surface area contributed by atoms with Crippen LogP contribution >= 0.6 is 0 Å². The van der Waals surface area contributed by atoms with Crippen LogP contribution in [0.5, 0.6) is 0 Å². The average Bonchev–Trinajstić information content (AvgIpc) is 3.48. The molecular formula is C22H24F3N3O2. The van der Waals surface area contributed by atoms with Crippen molar-refractivity contribution in [2.45, 2.75) is 43.3 Å². The monoisotopic (exact) mass is 419 g/mol. The number of alkyl halides is 3. The zero-order chi connectivity index (χ0) is 21.4. The number of benzene rings is 1. The van der Waals surface area contributed by atoms with Crippen molar-refractivity contribution >= 4 is 11.6 Å². The Hall–Kier alpha value is -2.61. The minimum Gasteiger partial charge on any atom is -0.394 e. The van der Waals surface area contributed by atoms with Crippen LogP contribution in [0.25, 0.3) is 0 Å². The number of nitrogens with one attached hydrogen (secondary N) is 1. The third-order valence-electron chi connectivity index (χ3n) is 5.87. The van der Waals surface area contributed by atoms with Gasteiger partial charge in [0.25, 0.3) is 0 Å². The summed E-state index contributed by atoms with van der Waals surface area (Å²) in [6.45, 7) is 0.348. The fourth-order valence-corrected chi connectivity index (χ4v) is 3.97. The summed E-state index contributed by atoms with van der Waals surface area (Å²) in [6, 6.07) is 9.06. The zero-order valence-electron chi connectivity index (χ0n) is 16.5. The van der Waals surface area contributed by atoms with Gasteiger partial charge in [-0.1, -0.05) is 24.3 Å². The number of amides is 1. The minimum atomic E-state index is -4.47. The van der Waals surface area contributed by atoms with Gasteiger partial charge in [-0.2, -0.15) is 13.2 Å². The van der Waals surface area contributed by atoms with Gasteiger partial charge in [0.1, 0.15) is 0 Å². The van der Waals surface area contributed by atoms with Crippen LogP contribution in [0, 0.1) is 0 Å². The van der Waals surface area contributed by atoms with E-state index in [-0.39, 0.29) is 25.5 Å². The third kappa shape index (κ3) is 4.59. The zero-order valence-corrected chi connectivity index (χ0v) is 16.5. The highest BCUT2D eigenvalue weighted by Crippen LogP contribution is 2.40. The Bertz CT molecular complexity index is 913. The molecule has 0 radical (unpaired) electrons. The Balaban J connectivity index is 1.40. The number of rotatable bonds is 6. The highest BCUT2D eigenvalue weighted by Gasteiger charge is 2.40. The summed E-state index contributed by atoms with van der Waals surface area (Å²) in [6.07, 6.45) is 0.749. The van der Waals surface area contributed by atoms with Gasteiger partial charge in [-0.3, -0.25) is 9.78 Å². The van der Waals surface area contributed by atoms with E-state index in [2.05, 4.69) is 22.4 Å². The van der Waals surface area contributed by atoms with Gasteiger partial charge in [-0.15, -0.1) is 0 Å². The predicted molar refractivity (Wildman–Crippen MR) is 106 cm³/mol. The van der Waals surface area contributed by atoms with Crippen molar-refractivity contribution in [3.63, 3.8) is 0 Å². The van der Waals surface area contributed by atoms with Crippen LogP contribution in [0.2, 0.25) is 0 Å². The van der Waals surface area contributed by atoms with Crippen molar-refractivity contribution in [3.8, 4) is 0 Å². The molecule has 1 aliphatic heterocycles. The molecule has 1 aliphatic carbocycles. The van der Waals surface area contributed by atoms with E-state index in [1.807, 2.05) is 12.1 Å². The van der Waals surface area contributed by atoms with Gasteiger partial charge in [0.2, 0.25) is 5.91 Å².